The highest BCUT2D eigenvalue weighted by Crippen LogP contribution is 2.32. The highest BCUT2D eigenvalue weighted by atomic mass is 32.1. The monoisotopic (exact) mass is 261 g/mol. The van der Waals surface area contributed by atoms with Crippen LogP contribution in [0, 0.1) is 6.92 Å². The minimum absolute atomic E-state index is 0.786. The van der Waals surface area contributed by atoms with Crippen molar-refractivity contribution in [2.24, 2.45) is 0 Å². The van der Waals surface area contributed by atoms with Gasteiger partial charge in [0.1, 0.15) is 5.01 Å². The molecule has 3 heteroatoms. The molecule has 1 nitrogen and oxygen atoms in total. The predicted octanol–water partition coefficient (Wildman–Crippen LogP) is 4.04. The van der Waals surface area contributed by atoms with Crippen molar-refractivity contribution < 1.29 is 0 Å². The summed E-state index contributed by atoms with van der Waals surface area (Å²) in [7, 11) is 0. The molecule has 0 aliphatic heterocycles. The molecule has 0 bridgehead atoms. The summed E-state index contributed by atoms with van der Waals surface area (Å²) in [6, 6.07) is 6.81. The number of aromatic nitrogens is 1. The topological polar surface area (TPSA) is 12.9 Å². The second kappa shape index (κ2) is 4.46. The fraction of sp³-hybridized carbons (Fsp3) is 0.357. The van der Waals surface area contributed by atoms with Crippen LogP contribution >= 0.6 is 24.0 Å². The van der Waals surface area contributed by atoms with E-state index in [1.165, 1.54) is 40.8 Å². The Bertz CT molecular complexity index is 557. The lowest BCUT2D eigenvalue weighted by molar-refractivity contribution is 0.912. The van der Waals surface area contributed by atoms with Gasteiger partial charge in [0.2, 0.25) is 0 Å². The molecule has 0 amide bonds. The normalized spacial score (nSPS) is 14.0. The number of hydrogen-bond acceptors (Lipinski definition) is 3. The SMILES string of the molecule is Cc1nc(-c2ccc3c(c2)CCC3)sc1CS. The van der Waals surface area contributed by atoms with Crippen LogP contribution in [-0.2, 0) is 18.6 Å². The first kappa shape index (κ1) is 11.3. The molecule has 0 fully saturated rings. The lowest BCUT2D eigenvalue weighted by Gasteiger charge is -2.01. The van der Waals surface area contributed by atoms with Crippen LogP contribution in [0.5, 0.6) is 0 Å². The zero-order valence-electron chi connectivity index (χ0n) is 9.86. The van der Waals surface area contributed by atoms with E-state index in [9.17, 15) is 0 Å². The molecular formula is C14H15NS2. The molecule has 1 aliphatic carbocycles. The molecule has 0 saturated carbocycles. The third kappa shape index (κ3) is 2.02. The minimum Gasteiger partial charge on any atom is -0.241 e. The average molecular weight is 261 g/mol. The van der Waals surface area contributed by atoms with Gasteiger partial charge >= 0.3 is 0 Å². The van der Waals surface area contributed by atoms with Gasteiger partial charge in [0.25, 0.3) is 0 Å². The summed E-state index contributed by atoms with van der Waals surface area (Å²) in [6.07, 6.45) is 3.78. The Morgan fingerprint density at radius 3 is 2.88 bits per heavy atom. The first-order valence-corrected chi connectivity index (χ1v) is 7.42. The Balaban J connectivity index is 2.03. The van der Waals surface area contributed by atoms with Crippen molar-refractivity contribution in [1.29, 1.82) is 0 Å². The minimum atomic E-state index is 0.786. The van der Waals surface area contributed by atoms with E-state index in [0.29, 0.717) is 0 Å². The third-order valence-corrected chi connectivity index (χ3v) is 5.12. The molecule has 88 valence electrons. The van der Waals surface area contributed by atoms with E-state index in [0.717, 1.165) is 16.5 Å². The van der Waals surface area contributed by atoms with Crippen LogP contribution in [0.4, 0.5) is 0 Å². The summed E-state index contributed by atoms with van der Waals surface area (Å²) in [5, 5.41) is 1.14. The molecular weight excluding hydrogens is 246 g/mol. The highest BCUT2D eigenvalue weighted by molar-refractivity contribution is 7.79. The Morgan fingerprint density at radius 1 is 1.29 bits per heavy atom. The number of rotatable bonds is 2. The van der Waals surface area contributed by atoms with Gasteiger partial charge in [-0.15, -0.1) is 11.3 Å². The smallest absolute Gasteiger partial charge is 0.123 e. The second-order valence-electron chi connectivity index (χ2n) is 4.52. The van der Waals surface area contributed by atoms with Crippen molar-refractivity contribution in [3.63, 3.8) is 0 Å². The van der Waals surface area contributed by atoms with Crippen LogP contribution < -0.4 is 0 Å². The molecule has 2 aromatic rings. The maximum absolute atomic E-state index is 4.65. The molecule has 0 radical (unpaired) electrons. The van der Waals surface area contributed by atoms with Crippen LogP contribution in [0.15, 0.2) is 18.2 Å². The molecule has 0 saturated heterocycles. The fourth-order valence-corrected chi connectivity index (χ4v) is 3.74. The number of thiol groups is 1. The highest BCUT2D eigenvalue weighted by Gasteiger charge is 2.13. The summed E-state index contributed by atoms with van der Waals surface area (Å²) >= 11 is 6.11. The maximum atomic E-state index is 4.65. The van der Waals surface area contributed by atoms with Crippen molar-refractivity contribution >= 4 is 24.0 Å². The van der Waals surface area contributed by atoms with Crippen LogP contribution in [0.25, 0.3) is 10.6 Å². The van der Waals surface area contributed by atoms with Crippen molar-refractivity contribution in [2.75, 3.05) is 0 Å². The van der Waals surface area contributed by atoms with Gasteiger partial charge in [0, 0.05) is 16.2 Å². The Kier molecular flexibility index (Phi) is 2.97. The standard InChI is InChI=1S/C14H15NS2/c1-9-13(8-16)17-14(15-9)12-6-5-10-3-2-4-11(10)7-12/h5-7,16H,2-4,8H2,1H3. The predicted molar refractivity (Wildman–Crippen MR) is 77.0 cm³/mol. The van der Waals surface area contributed by atoms with Gasteiger partial charge in [-0.05, 0) is 43.4 Å². The lowest BCUT2D eigenvalue weighted by Crippen LogP contribution is -1.84. The summed E-state index contributed by atoms with van der Waals surface area (Å²) < 4.78 is 0. The van der Waals surface area contributed by atoms with Crippen LogP contribution in [0.1, 0.15) is 28.1 Å². The first-order chi connectivity index (χ1) is 8.28. The van der Waals surface area contributed by atoms with E-state index in [1.807, 2.05) is 0 Å². The zero-order chi connectivity index (χ0) is 11.8. The molecule has 1 heterocycles. The number of benzene rings is 1. The molecule has 0 N–H and O–H groups in total. The van der Waals surface area contributed by atoms with Crippen molar-refractivity contribution in [3.8, 4) is 10.6 Å². The van der Waals surface area contributed by atoms with E-state index in [1.54, 1.807) is 11.3 Å². The second-order valence-corrected chi connectivity index (χ2v) is 5.92. The van der Waals surface area contributed by atoms with E-state index < -0.39 is 0 Å². The number of nitrogens with zero attached hydrogens (tertiary/aromatic N) is 1. The van der Waals surface area contributed by atoms with E-state index in [2.05, 4.69) is 42.7 Å². The zero-order valence-corrected chi connectivity index (χ0v) is 11.6. The first-order valence-electron chi connectivity index (χ1n) is 5.97. The van der Waals surface area contributed by atoms with Gasteiger partial charge in [-0.2, -0.15) is 12.6 Å². The lowest BCUT2D eigenvalue weighted by atomic mass is 10.1. The van der Waals surface area contributed by atoms with Gasteiger partial charge in [0.15, 0.2) is 0 Å². The molecule has 1 aromatic heterocycles. The van der Waals surface area contributed by atoms with Gasteiger partial charge in [-0.3, -0.25) is 0 Å². The number of hydrogen-bond donors (Lipinski definition) is 1. The van der Waals surface area contributed by atoms with Crippen molar-refractivity contribution in [1.82, 2.24) is 4.98 Å². The fourth-order valence-electron chi connectivity index (χ4n) is 2.40. The third-order valence-electron chi connectivity index (χ3n) is 3.38. The summed E-state index contributed by atoms with van der Waals surface area (Å²) in [5.41, 5.74) is 5.44. The van der Waals surface area contributed by atoms with Gasteiger partial charge < -0.3 is 0 Å². The Hall–Kier alpha value is -0.800. The van der Waals surface area contributed by atoms with Gasteiger partial charge in [0.05, 0.1) is 5.69 Å². The van der Waals surface area contributed by atoms with Crippen LogP contribution in [-0.4, -0.2) is 4.98 Å². The average Bonchev–Trinajstić information content (AvgIpc) is 2.93. The van der Waals surface area contributed by atoms with Crippen LogP contribution in [0.2, 0.25) is 0 Å². The molecule has 1 aliphatic rings. The molecule has 0 spiro atoms. The van der Waals surface area contributed by atoms with E-state index >= 15 is 0 Å². The van der Waals surface area contributed by atoms with E-state index in [-0.39, 0.29) is 0 Å². The van der Waals surface area contributed by atoms with Crippen molar-refractivity contribution in [2.45, 2.75) is 31.9 Å². The van der Waals surface area contributed by atoms with Crippen LogP contribution in [0.3, 0.4) is 0 Å². The summed E-state index contributed by atoms with van der Waals surface area (Å²) in [5.74, 6) is 0.786. The molecule has 0 atom stereocenters. The molecule has 3 rings (SSSR count). The quantitative estimate of drug-likeness (QED) is 0.805. The molecule has 17 heavy (non-hydrogen) atoms. The molecule has 1 aromatic carbocycles. The maximum Gasteiger partial charge on any atom is 0.123 e. The summed E-state index contributed by atoms with van der Waals surface area (Å²) in [6.45, 7) is 2.07. The summed E-state index contributed by atoms with van der Waals surface area (Å²) in [4.78, 5) is 5.93. The largest absolute Gasteiger partial charge is 0.241 e. The van der Waals surface area contributed by atoms with Gasteiger partial charge in [-0.1, -0.05) is 12.1 Å². The van der Waals surface area contributed by atoms with Crippen molar-refractivity contribution in [3.05, 3.63) is 39.9 Å². The van der Waals surface area contributed by atoms with E-state index in [4.69, 9.17) is 0 Å². The number of thiazole rings is 1. The Morgan fingerprint density at radius 2 is 2.12 bits per heavy atom. The number of aryl methyl sites for hydroxylation is 3. The van der Waals surface area contributed by atoms with Gasteiger partial charge in [-0.25, -0.2) is 4.98 Å². The number of fused-ring (bicyclic) bond motifs is 1. The molecule has 0 unspecified atom stereocenters. The Labute approximate surface area is 111 Å².